The summed E-state index contributed by atoms with van der Waals surface area (Å²) in [6.07, 6.45) is 2.55. The summed E-state index contributed by atoms with van der Waals surface area (Å²) in [6, 6.07) is 1.58. The summed E-state index contributed by atoms with van der Waals surface area (Å²) in [7, 11) is 0. The summed E-state index contributed by atoms with van der Waals surface area (Å²) < 4.78 is 47.0. The Hall–Kier alpha value is -3.44. The van der Waals surface area contributed by atoms with Crippen LogP contribution in [-0.2, 0) is 17.9 Å². The van der Waals surface area contributed by atoms with Gasteiger partial charge >= 0.3 is 6.18 Å². The fraction of sp³-hybridized carbons (Fsp3) is 0.421. The molecule has 12 heteroatoms. The number of fused-ring (bicyclic) bond motifs is 3. The number of ether oxygens (including phenoxy) is 1. The minimum atomic E-state index is -4.42. The molecular formula is C19H18F3N7O2. The fourth-order valence-electron chi connectivity index (χ4n) is 4.00. The van der Waals surface area contributed by atoms with Crippen LogP contribution in [0.3, 0.4) is 0 Å². The summed E-state index contributed by atoms with van der Waals surface area (Å²) in [5.74, 6) is 1.78. The standard InChI is InChI=1S/C19H18F3N7O2/c20-19(21,22)10-29-18(24-11-25-29)14-8-27-4-5-31-15-6-16(23-7-13(15)17(27)26-14)28-3-1-2-12(28)9-30/h6-9,11-12H,1-5,10H2. The van der Waals surface area contributed by atoms with E-state index in [4.69, 9.17) is 4.74 Å². The van der Waals surface area contributed by atoms with Crippen LogP contribution >= 0.6 is 0 Å². The maximum Gasteiger partial charge on any atom is 0.408 e. The number of aldehydes is 1. The number of pyridine rings is 1. The molecule has 9 nitrogen and oxygen atoms in total. The molecule has 2 aliphatic rings. The SMILES string of the molecule is O=CC1CCCN1c1cc2c(cn1)-c1nc(-c3ncnn3CC(F)(F)F)cn1CCO2. The zero-order valence-electron chi connectivity index (χ0n) is 16.3. The van der Waals surface area contributed by atoms with Gasteiger partial charge in [0.25, 0.3) is 0 Å². The van der Waals surface area contributed by atoms with Gasteiger partial charge in [0.15, 0.2) is 5.82 Å². The van der Waals surface area contributed by atoms with Gasteiger partial charge in [0.1, 0.15) is 48.9 Å². The van der Waals surface area contributed by atoms with Gasteiger partial charge in [-0.05, 0) is 12.8 Å². The number of carbonyl (C=O) groups is 1. The van der Waals surface area contributed by atoms with Crippen molar-refractivity contribution < 1.29 is 22.7 Å². The van der Waals surface area contributed by atoms with E-state index < -0.39 is 12.7 Å². The van der Waals surface area contributed by atoms with E-state index in [0.717, 1.165) is 36.7 Å². The Morgan fingerprint density at radius 3 is 2.90 bits per heavy atom. The first-order valence-corrected chi connectivity index (χ1v) is 9.80. The lowest BCUT2D eigenvalue weighted by Crippen LogP contribution is -2.30. The van der Waals surface area contributed by atoms with E-state index >= 15 is 0 Å². The molecular weight excluding hydrogens is 415 g/mol. The lowest BCUT2D eigenvalue weighted by molar-refractivity contribution is -0.142. The molecule has 3 aromatic rings. The van der Waals surface area contributed by atoms with Gasteiger partial charge in [-0.2, -0.15) is 18.3 Å². The molecule has 0 aliphatic carbocycles. The average molecular weight is 433 g/mol. The van der Waals surface area contributed by atoms with Crippen LogP contribution < -0.4 is 9.64 Å². The third kappa shape index (κ3) is 3.62. The zero-order valence-corrected chi connectivity index (χ0v) is 16.3. The number of alkyl halides is 3. The number of aromatic nitrogens is 6. The number of halogens is 3. The van der Waals surface area contributed by atoms with Crippen LogP contribution in [0.2, 0.25) is 0 Å². The first kappa shape index (κ1) is 19.5. The molecule has 31 heavy (non-hydrogen) atoms. The molecule has 1 fully saturated rings. The molecule has 3 aromatic heterocycles. The smallest absolute Gasteiger partial charge is 0.408 e. The van der Waals surface area contributed by atoms with Crippen LogP contribution in [0.4, 0.5) is 19.0 Å². The van der Waals surface area contributed by atoms with E-state index in [-0.39, 0.29) is 17.6 Å². The molecule has 5 rings (SSSR count). The number of rotatable bonds is 4. The second kappa shape index (κ2) is 7.36. The topological polar surface area (TPSA) is 91.0 Å². The Morgan fingerprint density at radius 1 is 1.23 bits per heavy atom. The number of hydrogen-bond donors (Lipinski definition) is 0. The molecule has 0 aromatic carbocycles. The average Bonchev–Trinajstić information content (AvgIpc) is 3.44. The molecule has 5 heterocycles. The third-order valence-electron chi connectivity index (χ3n) is 5.38. The van der Waals surface area contributed by atoms with Crippen LogP contribution in [-0.4, -0.2) is 61.0 Å². The second-order valence-corrected chi connectivity index (χ2v) is 7.43. The quantitative estimate of drug-likeness (QED) is 0.583. The lowest BCUT2D eigenvalue weighted by Gasteiger charge is -2.22. The third-order valence-corrected chi connectivity index (χ3v) is 5.38. The van der Waals surface area contributed by atoms with Crippen LogP contribution in [0.5, 0.6) is 5.75 Å². The van der Waals surface area contributed by atoms with Gasteiger partial charge in [-0.1, -0.05) is 0 Å². The first-order chi connectivity index (χ1) is 14.9. The monoisotopic (exact) mass is 433 g/mol. The van der Waals surface area contributed by atoms with Crippen molar-refractivity contribution >= 4 is 12.1 Å². The van der Waals surface area contributed by atoms with Crippen molar-refractivity contribution in [2.24, 2.45) is 0 Å². The molecule has 0 radical (unpaired) electrons. The maximum atomic E-state index is 12.8. The molecule has 1 atom stereocenters. The summed E-state index contributed by atoms with van der Waals surface area (Å²) in [6.45, 7) is 0.303. The predicted octanol–water partition coefficient (Wildman–Crippen LogP) is 2.33. The van der Waals surface area contributed by atoms with E-state index in [0.29, 0.717) is 36.1 Å². The predicted molar refractivity (Wildman–Crippen MR) is 102 cm³/mol. The Kier molecular flexibility index (Phi) is 4.63. The van der Waals surface area contributed by atoms with E-state index in [1.807, 2.05) is 4.90 Å². The summed E-state index contributed by atoms with van der Waals surface area (Å²) in [5.41, 5.74) is 0.908. The highest BCUT2D eigenvalue weighted by Gasteiger charge is 2.31. The van der Waals surface area contributed by atoms with Crippen molar-refractivity contribution in [2.75, 3.05) is 18.1 Å². The van der Waals surface area contributed by atoms with E-state index in [1.165, 1.54) is 0 Å². The number of imidazole rings is 1. The van der Waals surface area contributed by atoms with Gasteiger partial charge in [-0.15, -0.1) is 0 Å². The van der Waals surface area contributed by atoms with Crippen LogP contribution in [0.15, 0.2) is 24.8 Å². The highest BCUT2D eigenvalue weighted by molar-refractivity contribution is 5.72. The number of nitrogens with zero attached hydrogens (tertiary/aromatic N) is 7. The maximum absolute atomic E-state index is 12.8. The molecule has 2 aliphatic heterocycles. The number of carbonyl (C=O) groups excluding carboxylic acids is 1. The molecule has 0 N–H and O–H groups in total. The van der Waals surface area contributed by atoms with Gasteiger partial charge < -0.3 is 19.0 Å². The molecule has 0 spiro atoms. The van der Waals surface area contributed by atoms with Gasteiger partial charge in [-0.3, -0.25) is 0 Å². The molecule has 162 valence electrons. The van der Waals surface area contributed by atoms with Crippen LogP contribution in [0.1, 0.15) is 12.8 Å². The summed E-state index contributed by atoms with van der Waals surface area (Å²) >= 11 is 0. The second-order valence-electron chi connectivity index (χ2n) is 7.43. The molecule has 0 bridgehead atoms. The van der Waals surface area contributed by atoms with Crippen LogP contribution in [0, 0.1) is 0 Å². The molecule has 0 amide bonds. The first-order valence-electron chi connectivity index (χ1n) is 9.80. The van der Waals surface area contributed by atoms with E-state index in [9.17, 15) is 18.0 Å². The number of anilines is 1. The highest BCUT2D eigenvalue weighted by Crippen LogP contribution is 2.36. The highest BCUT2D eigenvalue weighted by atomic mass is 19.4. The van der Waals surface area contributed by atoms with Crippen LogP contribution in [0.25, 0.3) is 22.9 Å². The van der Waals surface area contributed by atoms with E-state index in [1.54, 1.807) is 23.0 Å². The van der Waals surface area contributed by atoms with Gasteiger partial charge in [0, 0.05) is 25.0 Å². The van der Waals surface area contributed by atoms with Crippen molar-refractivity contribution in [1.82, 2.24) is 29.3 Å². The van der Waals surface area contributed by atoms with Crippen molar-refractivity contribution in [3.05, 3.63) is 24.8 Å². The molecule has 1 unspecified atom stereocenters. The zero-order chi connectivity index (χ0) is 21.6. The van der Waals surface area contributed by atoms with Crippen molar-refractivity contribution in [2.45, 2.75) is 38.1 Å². The molecule has 1 saturated heterocycles. The van der Waals surface area contributed by atoms with Gasteiger partial charge in [-0.25, -0.2) is 19.6 Å². The molecule has 0 saturated carbocycles. The Bertz CT molecular complexity index is 1120. The largest absolute Gasteiger partial charge is 0.491 e. The fourth-order valence-corrected chi connectivity index (χ4v) is 4.00. The minimum Gasteiger partial charge on any atom is -0.491 e. The van der Waals surface area contributed by atoms with Crippen molar-refractivity contribution in [3.8, 4) is 28.7 Å². The Morgan fingerprint density at radius 2 is 2.10 bits per heavy atom. The Labute approximate surface area is 174 Å². The van der Waals surface area contributed by atoms with Crippen molar-refractivity contribution in [1.29, 1.82) is 0 Å². The Balaban J connectivity index is 1.51. The van der Waals surface area contributed by atoms with Gasteiger partial charge in [0.05, 0.1) is 18.2 Å². The minimum absolute atomic E-state index is 0.0378. The van der Waals surface area contributed by atoms with E-state index in [2.05, 4.69) is 20.1 Å². The normalized spacial score (nSPS) is 18.3. The van der Waals surface area contributed by atoms with Crippen molar-refractivity contribution in [3.63, 3.8) is 0 Å². The van der Waals surface area contributed by atoms with Gasteiger partial charge in [0.2, 0.25) is 0 Å². The number of hydrogen-bond acceptors (Lipinski definition) is 7. The lowest BCUT2D eigenvalue weighted by atomic mass is 10.2. The summed E-state index contributed by atoms with van der Waals surface area (Å²) in [5, 5.41) is 3.68. The summed E-state index contributed by atoms with van der Waals surface area (Å²) in [4.78, 5) is 26.3.